The molecule has 0 saturated carbocycles. The zero-order valence-corrected chi connectivity index (χ0v) is 11.9. The highest BCUT2D eigenvalue weighted by atomic mass is 79.9. The summed E-state index contributed by atoms with van der Waals surface area (Å²) in [6, 6.07) is 3.75. The second-order valence-electron chi connectivity index (χ2n) is 4.49. The third-order valence-corrected chi connectivity index (χ3v) is 3.16. The van der Waals surface area contributed by atoms with E-state index in [4.69, 9.17) is 10.3 Å². The molecule has 0 radical (unpaired) electrons. The minimum absolute atomic E-state index is 0.0242. The number of pyridine rings is 1. The first-order valence-electron chi connectivity index (χ1n) is 5.76. The summed E-state index contributed by atoms with van der Waals surface area (Å²) in [7, 11) is 0. The van der Waals surface area contributed by atoms with Crippen molar-refractivity contribution in [1.29, 1.82) is 0 Å². The maximum absolute atomic E-state index is 5.97. The van der Waals surface area contributed by atoms with Crippen molar-refractivity contribution in [3.8, 4) is 11.5 Å². The van der Waals surface area contributed by atoms with Crippen molar-refractivity contribution < 1.29 is 4.52 Å². The van der Waals surface area contributed by atoms with Crippen LogP contribution in [-0.4, -0.2) is 21.2 Å². The zero-order chi connectivity index (χ0) is 13.1. The molecule has 1 unspecified atom stereocenters. The molecule has 2 aromatic rings. The fourth-order valence-electron chi connectivity index (χ4n) is 1.39. The van der Waals surface area contributed by atoms with Crippen LogP contribution >= 0.6 is 15.9 Å². The number of aromatic nitrogens is 3. The normalized spacial score (nSPS) is 12.9. The van der Waals surface area contributed by atoms with Gasteiger partial charge in [-0.05, 0) is 34.0 Å². The molecule has 0 aliphatic rings. The van der Waals surface area contributed by atoms with Crippen LogP contribution in [0.3, 0.4) is 0 Å². The van der Waals surface area contributed by atoms with E-state index in [2.05, 4.69) is 44.9 Å². The molecule has 0 fully saturated rings. The molecule has 0 aliphatic carbocycles. The van der Waals surface area contributed by atoms with Crippen molar-refractivity contribution in [2.45, 2.75) is 26.3 Å². The molecule has 0 bridgehead atoms. The average molecular weight is 311 g/mol. The Morgan fingerprint density at radius 3 is 2.78 bits per heavy atom. The van der Waals surface area contributed by atoms with Gasteiger partial charge in [0.1, 0.15) is 5.69 Å². The van der Waals surface area contributed by atoms with Gasteiger partial charge in [-0.2, -0.15) is 4.98 Å². The summed E-state index contributed by atoms with van der Waals surface area (Å²) < 4.78 is 6.09. The topological polar surface area (TPSA) is 77.8 Å². The number of hydrogen-bond donors (Lipinski definition) is 1. The molecule has 0 amide bonds. The predicted molar refractivity (Wildman–Crippen MR) is 71.7 cm³/mol. The van der Waals surface area contributed by atoms with E-state index in [0.29, 0.717) is 29.7 Å². The number of nitrogens with two attached hydrogens (primary N) is 1. The molecular weight excluding hydrogens is 296 g/mol. The van der Waals surface area contributed by atoms with Crippen molar-refractivity contribution >= 4 is 15.9 Å². The highest BCUT2D eigenvalue weighted by molar-refractivity contribution is 9.10. The second kappa shape index (κ2) is 5.58. The highest BCUT2D eigenvalue weighted by Gasteiger charge is 2.15. The van der Waals surface area contributed by atoms with Crippen LogP contribution in [0.25, 0.3) is 11.5 Å². The summed E-state index contributed by atoms with van der Waals surface area (Å²) in [4.78, 5) is 8.51. The van der Waals surface area contributed by atoms with Gasteiger partial charge in [-0.15, -0.1) is 0 Å². The predicted octanol–water partition coefficient (Wildman–Crippen LogP) is 2.42. The van der Waals surface area contributed by atoms with Gasteiger partial charge in [0.15, 0.2) is 0 Å². The summed E-state index contributed by atoms with van der Waals surface area (Å²) in [5, 5.41) is 3.91. The molecule has 0 aromatic carbocycles. The summed E-state index contributed by atoms with van der Waals surface area (Å²) in [5.41, 5.74) is 6.65. The van der Waals surface area contributed by atoms with Gasteiger partial charge in [-0.1, -0.05) is 19.0 Å². The lowest BCUT2D eigenvalue weighted by molar-refractivity contribution is 0.353. The molecule has 2 aromatic heterocycles. The molecule has 18 heavy (non-hydrogen) atoms. The Morgan fingerprint density at radius 1 is 1.39 bits per heavy atom. The van der Waals surface area contributed by atoms with Gasteiger partial charge in [0.05, 0.1) is 0 Å². The van der Waals surface area contributed by atoms with Gasteiger partial charge in [-0.3, -0.25) is 4.98 Å². The van der Waals surface area contributed by atoms with Crippen LogP contribution in [0.4, 0.5) is 0 Å². The third-order valence-electron chi connectivity index (χ3n) is 2.69. The molecule has 0 aliphatic heterocycles. The van der Waals surface area contributed by atoms with Crippen molar-refractivity contribution in [2.75, 3.05) is 0 Å². The number of nitrogens with zero attached hydrogens (tertiary/aromatic N) is 3. The summed E-state index contributed by atoms with van der Waals surface area (Å²) in [6.07, 6.45) is 2.28. The van der Waals surface area contributed by atoms with Gasteiger partial charge in [0.2, 0.25) is 11.7 Å². The van der Waals surface area contributed by atoms with Crippen LogP contribution in [0.5, 0.6) is 0 Å². The quantitative estimate of drug-likeness (QED) is 0.938. The lowest BCUT2D eigenvalue weighted by Gasteiger charge is -2.11. The summed E-state index contributed by atoms with van der Waals surface area (Å²) >= 11 is 3.33. The van der Waals surface area contributed by atoms with Crippen molar-refractivity contribution in [3.63, 3.8) is 0 Å². The standard InChI is InChI=1S/C12H15BrN4O/c1-7(2)9(14)5-11-16-12(17-18-11)10-4-3-8(13)6-15-10/h3-4,6-7,9H,5,14H2,1-2H3. The van der Waals surface area contributed by atoms with Gasteiger partial charge in [0.25, 0.3) is 0 Å². The Labute approximate surface area is 114 Å². The lowest BCUT2D eigenvalue weighted by atomic mass is 10.0. The van der Waals surface area contributed by atoms with Crippen LogP contribution in [0.2, 0.25) is 0 Å². The molecule has 2 rings (SSSR count). The lowest BCUT2D eigenvalue weighted by Crippen LogP contribution is -2.28. The van der Waals surface area contributed by atoms with E-state index in [-0.39, 0.29) is 6.04 Å². The van der Waals surface area contributed by atoms with E-state index in [9.17, 15) is 0 Å². The van der Waals surface area contributed by atoms with Crippen molar-refractivity contribution in [1.82, 2.24) is 15.1 Å². The van der Waals surface area contributed by atoms with Crippen LogP contribution in [-0.2, 0) is 6.42 Å². The number of halogens is 1. The zero-order valence-electron chi connectivity index (χ0n) is 10.3. The van der Waals surface area contributed by atoms with E-state index < -0.39 is 0 Å². The van der Waals surface area contributed by atoms with E-state index in [1.54, 1.807) is 6.20 Å². The number of rotatable bonds is 4. The maximum atomic E-state index is 5.97. The van der Waals surface area contributed by atoms with Crippen LogP contribution < -0.4 is 5.73 Å². The van der Waals surface area contributed by atoms with Gasteiger partial charge in [-0.25, -0.2) is 0 Å². The summed E-state index contributed by atoms with van der Waals surface area (Å²) in [6.45, 7) is 4.14. The molecule has 2 heterocycles. The monoisotopic (exact) mass is 310 g/mol. The average Bonchev–Trinajstić information content (AvgIpc) is 2.78. The molecule has 6 heteroatoms. The number of hydrogen-bond acceptors (Lipinski definition) is 5. The Kier molecular flexibility index (Phi) is 4.08. The molecule has 1 atom stereocenters. The van der Waals surface area contributed by atoms with Crippen molar-refractivity contribution in [3.05, 3.63) is 28.7 Å². The molecule has 0 saturated heterocycles. The Morgan fingerprint density at radius 2 is 2.17 bits per heavy atom. The molecule has 5 nitrogen and oxygen atoms in total. The second-order valence-corrected chi connectivity index (χ2v) is 5.40. The fraction of sp³-hybridized carbons (Fsp3) is 0.417. The van der Waals surface area contributed by atoms with Gasteiger partial charge < -0.3 is 10.3 Å². The molecule has 0 spiro atoms. The van der Waals surface area contributed by atoms with E-state index in [1.807, 2.05) is 12.1 Å². The van der Waals surface area contributed by atoms with Gasteiger partial charge >= 0.3 is 0 Å². The fourth-order valence-corrected chi connectivity index (χ4v) is 1.62. The van der Waals surface area contributed by atoms with E-state index in [0.717, 1.165) is 4.47 Å². The molecule has 2 N–H and O–H groups in total. The SMILES string of the molecule is CC(C)C(N)Cc1nc(-c2ccc(Br)cn2)no1. The Balaban J connectivity index is 2.13. The van der Waals surface area contributed by atoms with Crippen LogP contribution in [0, 0.1) is 5.92 Å². The first-order valence-corrected chi connectivity index (χ1v) is 6.55. The highest BCUT2D eigenvalue weighted by Crippen LogP contribution is 2.16. The summed E-state index contributed by atoms with van der Waals surface area (Å²) in [5.74, 6) is 1.43. The third kappa shape index (κ3) is 3.14. The first kappa shape index (κ1) is 13.2. The Bertz CT molecular complexity index is 509. The van der Waals surface area contributed by atoms with Crippen LogP contribution in [0.15, 0.2) is 27.3 Å². The first-order chi connectivity index (χ1) is 8.56. The van der Waals surface area contributed by atoms with Gasteiger partial charge in [0, 0.05) is 23.1 Å². The minimum atomic E-state index is 0.0242. The smallest absolute Gasteiger partial charge is 0.228 e. The Hall–Kier alpha value is -1.27. The molecule has 96 valence electrons. The molecular formula is C12H15BrN4O. The van der Waals surface area contributed by atoms with Crippen molar-refractivity contribution in [2.24, 2.45) is 11.7 Å². The maximum Gasteiger partial charge on any atom is 0.228 e. The van der Waals surface area contributed by atoms with E-state index in [1.165, 1.54) is 0 Å². The van der Waals surface area contributed by atoms with Crippen LogP contribution in [0.1, 0.15) is 19.7 Å². The minimum Gasteiger partial charge on any atom is -0.339 e. The largest absolute Gasteiger partial charge is 0.339 e. The van der Waals surface area contributed by atoms with E-state index >= 15 is 0 Å².